The monoisotopic (exact) mass is 324 g/mol. The molecule has 1 aromatic carbocycles. The van der Waals surface area contributed by atoms with Crippen LogP contribution in [0.4, 0.5) is 11.5 Å². The van der Waals surface area contributed by atoms with Gasteiger partial charge in [-0.1, -0.05) is 24.3 Å². The molecular weight excluding hydrogens is 300 g/mol. The van der Waals surface area contributed by atoms with Gasteiger partial charge in [0.15, 0.2) is 0 Å². The summed E-state index contributed by atoms with van der Waals surface area (Å²) in [5.74, 6) is 1.05. The number of para-hydroxylation sites is 1. The highest BCUT2D eigenvalue weighted by Gasteiger charge is 2.20. The van der Waals surface area contributed by atoms with Crippen LogP contribution in [-0.2, 0) is 11.3 Å². The van der Waals surface area contributed by atoms with Gasteiger partial charge in [-0.25, -0.2) is 4.98 Å². The maximum Gasteiger partial charge on any atom is 0.219 e. The lowest BCUT2D eigenvalue weighted by molar-refractivity contribution is -0.129. The van der Waals surface area contributed by atoms with Crippen molar-refractivity contribution in [3.63, 3.8) is 0 Å². The van der Waals surface area contributed by atoms with E-state index in [0.29, 0.717) is 0 Å². The van der Waals surface area contributed by atoms with Crippen LogP contribution in [0.5, 0.6) is 0 Å². The van der Waals surface area contributed by atoms with Crippen LogP contribution in [0.15, 0.2) is 42.6 Å². The van der Waals surface area contributed by atoms with Gasteiger partial charge in [-0.3, -0.25) is 4.79 Å². The van der Waals surface area contributed by atoms with Crippen LogP contribution in [-0.4, -0.2) is 42.0 Å². The average molecular weight is 324 g/mol. The van der Waals surface area contributed by atoms with Gasteiger partial charge in [0, 0.05) is 51.5 Å². The number of anilines is 2. The van der Waals surface area contributed by atoms with Gasteiger partial charge < -0.3 is 15.1 Å². The number of pyridine rings is 1. The molecule has 5 nitrogen and oxygen atoms in total. The Kier molecular flexibility index (Phi) is 4.99. The molecule has 5 heteroatoms. The van der Waals surface area contributed by atoms with Gasteiger partial charge in [-0.2, -0.15) is 0 Å². The van der Waals surface area contributed by atoms with Crippen molar-refractivity contribution >= 4 is 17.4 Å². The summed E-state index contributed by atoms with van der Waals surface area (Å²) in [6.07, 6.45) is 1.87. The van der Waals surface area contributed by atoms with Gasteiger partial charge >= 0.3 is 0 Å². The van der Waals surface area contributed by atoms with Crippen LogP contribution in [0.1, 0.15) is 18.1 Å². The van der Waals surface area contributed by atoms with E-state index >= 15 is 0 Å². The Bertz CT molecular complexity index is 691. The lowest BCUT2D eigenvalue weighted by Gasteiger charge is -2.36. The molecule has 1 N–H and O–H groups in total. The molecule has 1 aliphatic rings. The van der Waals surface area contributed by atoms with Crippen molar-refractivity contribution in [2.24, 2.45) is 0 Å². The minimum Gasteiger partial charge on any atom is -0.368 e. The number of aryl methyl sites for hydroxylation is 1. The third-order valence-corrected chi connectivity index (χ3v) is 4.43. The highest BCUT2D eigenvalue weighted by molar-refractivity contribution is 5.73. The smallest absolute Gasteiger partial charge is 0.219 e. The highest BCUT2D eigenvalue weighted by Crippen LogP contribution is 2.23. The molecule has 126 valence electrons. The number of amides is 1. The Balaban J connectivity index is 1.67. The van der Waals surface area contributed by atoms with Crippen molar-refractivity contribution in [1.29, 1.82) is 0 Å². The zero-order valence-electron chi connectivity index (χ0n) is 14.3. The molecular formula is C19H24N4O. The fraction of sp³-hybridized carbons (Fsp3) is 0.368. The van der Waals surface area contributed by atoms with Gasteiger partial charge in [0.25, 0.3) is 0 Å². The molecule has 3 rings (SSSR count). The van der Waals surface area contributed by atoms with E-state index in [9.17, 15) is 4.79 Å². The first-order valence-electron chi connectivity index (χ1n) is 8.38. The molecule has 2 heterocycles. The van der Waals surface area contributed by atoms with Crippen molar-refractivity contribution in [2.75, 3.05) is 36.4 Å². The minimum atomic E-state index is 0.162. The number of hydrogen-bond donors (Lipinski definition) is 1. The third kappa shape index (κ3) is 3.85. The van der Waals surface area contributed by atoms with E-state index in [1.54, 1.807) is 6.92 Å². The fourth-order valence-electron chi connectivity index (χ4n) is 2.99. The molecule has 1 saturated heterocycles. The number of hydrogen-bond acceptors (Lipinski definition) is 4. The topological polar surface area (TPSA) is 48.5 Å². The second kappa shape index (κ2) is 7.34. The van der Waals surface area contributed by atoms with Crippen molar-refractivity contribution < 1.29 is 4.79 Å². The number of carbonyl (C=O) groups excluding carboxylic acids is 1. The van der Waals surface area contributed by atoms with E-state index in [1.807, 2.05) is 24.1 Å². The van der Waals surface area contributed by atoms with Crippen molar-refractivity contribution in [1.82, 2.24) is 9.88 Å². The van der Waals surface area contributed by atoms with E-state index in [-0.39, 0.29) is 5.91 Å². The molecule has 2 aromatic rings. The zero-order chi connectivity index (χ0) is 16.9. The quantitative estimate of drug-likeness (QED) is 0.939. The molecule has 1 aliphatic heterocycles. The molecule has 0 spiro atoms. The summed E-state index contributed by atoms with van der Waals surface area (Å²) in [5, 5.41) is 3.39. The number of nitrogens with one attached hydrogen (secondary N) is 1. The second-order valence-electron chi connectivity index (χ2n) is 6.20. The van der Waals surface area contributed by atoms with E-state index in [2.05, 4.69) is 45.5 Å². The van der Waals surface area contributed by atoms with Gasteiger partial charge in [0.2, 0.25) is 5.91 Å². The predicted octanol–water partition coefficient (Wildman–Crippen LogP) is 2.67. The summed E-state index contributed by atoms with van der Waals surface area (Å²) in [6.45, 7) is 7.74. The second-order valence-corrected chi connectivity index (χ2v) is 6.20. The van der Waals surface area contributed by atoms with Crippen LogP contribution in [0.2, 0.25) is 0 Å². The molecule has 0 bridgehead atoms. The van der Waals surface area contributed by atoms with E-state index in [1.165, 1.54) is 11.3 Å². The van der Waals surface area contributed by atoms with Crippen LogP contribution >= 0.6 is 0 Å². The van der Waals surface area contributed by atoms with Crippen LogP contribution in [0.25, 0.3) is 0 Å². The molecule has 0 radical (unpaired) electrons. The minimum absolute atomic E-state index is 0.162. The summed E-state index contributed by atoms with van der Waals surface area (Å²) in [5.41, 5.74) is 3.64. The molecule has 1 aromatic heterocycles. The molecule has 24 heavy (non-hydrogen) atoms. The first-order chi connectivity index (χ1) is 11.6. The Morgan fingerprint density at radius 3 is 2.54 bits per heavy atom. The summed E-state index contributed by atoms with van der Waals surface area (Å²) >= 11 is 0. The first-order valence-corrected chi connectivity index (χ1v) is 8.38. The summed E-state index contributed by atoms with van der Waals surface area (Å²) in [4.78, 5) is 20.1. The van der Waals surface area contributed by atoms with E-state index in [4.69, 9.17) is 0 Å². The Morgan fingerprint density at radius 2 is 1.88 bits per heavy atom. The number of piperazine rings is 1. The normalized spacial score (nSPS) is 14.6. The number of nitrogens with zero attached hydrogens (tertiary/aromatic N) is 3. The number of rotatable bonds is 4. The van der Waals surface area contributed by atoms with Crippen LogP contribution in [0, 0.1) is 6.92 Å². The number of benzene rings is 1. The van der Waals surface area contributed by atoms with E-state index in [0.717, 1.165) is 44.1 Å². The van der Waals surface area contributed by atoms with Gasteiger partial charge in [0.1, 0.15) is 5.82 Å². The van der Waals surface area contributed by atoms with Gasteiger partial charge in [-0.05, 0) is 30.2 Å². The Hall–Kier alpha value is -2.56. The van der Waals surface area contributed by atoms with Crippen molar-refractivity contribution in [3.05, 3.63) is 53.7 Å². The fourth-order valence-corrected chi connectivity index (χ4v) is 2.99. The number of aromatic nitrogens is 1. The standard InChI is InChI=1S/C19H24N4O/c1-15-7-8-19(20-13-15)21-14-17-5-3-4-6-18(17)23-11-9-22(10-12-23)16(2)24/h3-8,13H,9-12,14H2,1-2H3,(H,20,21). The Morgan fingerprint density at radius 1 is 1.12 bits per heavy atom. The van der Waals surface area contributed by atoms with Crippen molar-refractivity contribution in [2.45, 2.75) is 20.4 Å². The molecule has 1 fully saturated rings. The van der Waals surface area contributed by atoms with E-state index < -0.39 is 0 Å². The predicted molar refractivity (Wildman–Crippen MR) is 97.2 cm³/mol. The lowest BCUT2D eigenvalue weighted by atomic mass is 10.1. The maximum absolute atomic E-state index is 11.5. The average Bonchev–Trinajstić information content (AvgIpc) is 2.61. The first kappa shape index (κ1) is 16.3. The van der Waals surface area contributed by atoms with Crippen molar-refractivity contribution in [3.8, 4) is 0 Å². The Labute approximate surface area is 143 Å². The maximum atomic E-state index is 11.5. The molecule has 0 atom stereocenters. The summed E-state index contributed by atoms with van der Waals surface area (Å²) < 4.78 is 0. The molecule has 1 amide bonds. The SMILES string of the molecule is CC(=O)N1CCN(c2ccccc2CNc2ccc(C)cn2)CC1. The lowest BCUT2D eigenvalue weighted by Crippen LogP contribution is -2.48. The van der Waals surface area contributed by atoms with Gasteiger partial charge in [-0.15, -0.1) is 0 Å². The molecule has 0 saturated carbocycles. The van der Waals surface area contributed by atoms with Gasteiger partial charge in [0.05, 0.1) is 0 Å². The van der Waals surface area contributed by atoms with Crippen LogP contribution < -0.4 is 10.2 Å². The zero-order valence-corrected chi connectivity index (χ0v) is 14.3. The third-order valence-electron chi connectivity index (χ3n) is 4.43. The molecule has 0 aliphatic carbocycles. The number of carbonyl (C=O) groups is 1. The highest BCUT2D eigenvalue weighted by atomic mass is 16.2. The molecule has 0 unspecified atom stereocenters. The van der Waals surface area contributed by atoms with Crippen LogP contribution in [0.3, 0.4) is 0 Å². The summed E-state index contributed by atoms with van der Waals surface area (Å²) in [6, 6.07) is 12.5. The largest absolute Gasteiger partial charge is 0.368 e. The summed E-state index contributed by atoms with van der Waals surface area (Å²) in [7, 11) is 0.